The lowest BCUT2D eigenvalue weighted by Crippen LogP contribution is -2.41. The van der Waals surface area contributed by atoms with Gasteiger partial charge in [-0.15, -0.1) is 0 Å². The number of non-ortho nitro benzene ring substituents is 2. The molecule has 0 heterocycles. The van der Waals surface area contributed by atoms with Crippen LogP contribution in [0.25, 0.3) is 0 Å². The van der Waals surface area contributed by atoms with E-state index in [-0.39, 0.29) is 47.2 Å². The first kappa shape index (κ1) is 29.4. The summed E-state index contributed by atoms with van der Waals surface area (Å²) in [6.07, 6.45) is 4.99. The predicted octanol–water partition coefficient (Wildman–Crippen LogP) is 2.85. The average molecular weight is 529 g/mol. The van der Waals surface area contributed by atoms with Crippen molar-refractivity contribution in [2.24, 2.45) is 0 Å². The Morgan fingerprint density at radius 2 is 0.842 bits per heavy atom. The highest BCUT2D eigenvalue weighted by Gasteiger charge is 2.11. The fourth-order valence-electron chi connectivity index (χ4n) is 3.27. The third kappa shape index (κ3) is 10.4. The maximum Gasteiger partial charge on any atom is 0.269 e. The molecule has 0 aliphatic carbocycles. The Labute approximate surface area is 217 Å². The summed E-state index contributed by atoms with van der Waals surface area (Å²) in [6, 6.07) is 9.97. The molecule has 14 nitrogen and oxygen atoms in total. The van der Waals surface area contributed by atoms with Crippen LogP contribution in [0.4, 0.5) is 11.4 Å². The van der Waals surface area contributed by atoms with Crippen LogP contribution in [-0.2, 0) is 9.59 Å². The van der Waals surface area contributed by atoms with E-state index in [1.54, 1.807) is 0 Å². The Kier molecular flexibility index (Phi) is 11.8. The van der Waals surface area contributed by atoms with E-state index in [9.17, 15) is 39.4 Å². The van der Waals surface area contributed by atoms with Crippen LogP contribution in [0.2, 0.25) is 0 Å². The molecule has 2 aromatic rings. The highest BCUT2D eigenvalue weighted by molar-refractivity contribution is 5.96. The third-order valence-corrected chi connectivity index (χ3v) is 5.37. The van der Waals surface area contributed by atoms with Crippen molar-refractivity contribution < 1.29 is 29.0 Å². The minimum absolute atomic E-state index is 0.140. The number of hydrazine groups is 2. The van der Waals surface area contributed by atoms with E-state index < -0.39 is 21.7 Å². The molecule has 2 rings (SSSR count). The monoisotopic (exact) mass is 528 g/mol. The number of hydrogen-bond donors (Lipinski definition) is 4. The van der Waals surface area contributed by atoms with Crippen molar-refractivity contribution in [3.8, 4) is 0 Å². The first-order valence-corrected chi connectivity index (χ1v) is 11.8. The minimum Gasteiger partial charge on any atom is -0.273 e. The lowest BCUT2D eigenvalue weighted by molar-refractivity contribution is -0.385. The molecule has 0 radical (unpaired) electrons. The highest BCUT2D eigenvalue weighted by Crippen LogP contribution is 2.13. The molecule has 0 aliphatic rings. The van der Waals surface area contributed by atoms with Crippen molar-refractivity contribution >= 4 is 35.0 Å². The number of rotatable bonds is 13. The second-order valence-corrected chi connectivity index (χ2v) is 8.23. The summed E-state index contributed by atoms with van der Waals surface area (Å²) >= 11 is 0. The van der Waals surface area contributed by atoms with Gasteiger partial charge in [0, 0.05) is 48.2 Å². The van der Waals surface area contributed by atoms with Crippen molar-refractivity contribution in [1.82, 2.24) is 21.7 Å². The van der Waals surface area contributed by atoms with E-state index >= 15 is 0 Å². The zero-order chi connectivity index (χ0) is 27.9. The van der Waals surface area contributed by atoms with Crippen molar-refractivity contribution in [1.29, 1.82) is 0 Å². The second kappa shape index (κ2) is 15.3. The van der Waals surface area contributed by atoms with Crippen LogP contribution in [-0.4, -0.2) is 33.5 Å². The number of carbonyl (C=O) groups excluding carboxylic acids is 4. The number of nitrogens with one attached hydrogen (secondary N) is 4. The van der Waals surface area contributed by atoms with Crippen molar-refractivity contribution in [3.05, 3.63) is 79.9 Å². The minimum atomic E-state index is -0.580. The molecule has 0 fully saturated rings. The molecule has 14 heteroatoms. The highest BCUT2D eigenvalue weighted by atomic mass is 16.6. The topological polar surface area (TPSA) is 203 Å². The van der Waals surface area contributed by atoms with E-state index in [0.29, 0.717) is 12.8 Å². The summed E-state index contributed by atoms with van der Waals surface area (Å²) in [7, 11) is 0. The lowest BCUT2D eigenvalue weighted by Gasteiger charge is -2.08. The standard InChI is InChI=1S/C24H28N6O8/c31-21(25-27-23(33)17-9-13-19(14-10-17)29(35)36)7-5-3-1-2-4-6-8-22(32)26-28-24(34)18-11-15-20(16-12-18)30(37)38/h9-16H,1-8H2,(H,25,31)(H,26,32)(H,27,33)(H,28,34). The van der Waals surface area contributed by atoms with E-state index in [4.69, 9.17) is 0 Å². The largest absolute Gasteiger partial charge is 0.273 e. The Morgan fingerprint density at radius 1 is 0.526 bits per heavy atom. The van der Waals surface area contributed by atoms with Crippen molar-refractivity contribution in [3.63, 3.8) is 0 Å². The predicted molar refractivity (Wildman–Crippen MR) is 134 cm³/mol. The summed E-state index contributed by atoms with van der Waals surface area (Å²) < 4.78 is 0. The third-order valence-electron chi connectivity index (χ3n) is 5.37. The molecule has 202 valence electrons. The van der Waals surface area contributed by atoms with Gasteiger partial charge in [0.15, 0.2) is 0 Å². The maximum atomic E-state index is 12.0. The molecule has 4 amide bonds. The molecular formula is C24H28N6O8. The number of nitro benzene ring substituents is 2. The fourth-order valence-corrected chi connectivity index (χ4v) is 3.27. The van der Waals surface area contributed by atoms with Gasteiger partial charge in [-0.1, -0.05) is 25.7 Å². The zero-order valence-electron chi connectivity index (χ0n) is 20.4. The van der Waals surface area contributed by atoms with Gasteiger partial charge in [0.2, 0.25) is 11.8 Å². The van der Waals surface area contributed by atoms with Gasteiger partial charge in [0.05, 0.1) is 9.85 Å². The van der Waals surface area contributed by atoms with E-state index in [2.05, 4.69) is 21.7 Å². The molecule has 0 spiro atoms. The van der Waals surface area contributed by atoms with E-state index in [1.165, 1.54) is 48.5 Å². The summed E-state index contributed by atoms with van der Waals surface area (Å²) in [5, 5.41) is 21.3. The zero-order valence-corrected chi connectivity index (χ0v) is 20.4. The van der Waals surface area contributed by atoms with Crippen LogP contribution in [0.3, 0.4) is 0 Å². The van der Waals surface area contributed by atoms with Gasteiger partial charge in [-0.25, -0.2) is 0 Å². The second-order valence-electron chi connectivity index (χ2n) is 8.23. The van der Waals surface area contributed by atoms with Crippen LogP contribution in [0, 0.1) is 20.2 Å². The number of unbranched alkanes of at least 4 members (excludes halogenated alkanes) is 5. The molecule has 0 aliphatic heterocycles. The van der Waals surface area contributed by atoms with Gasteiger partial charge in [-0.3, -0.25) is 61.1 Å². The van der Waals surface area contributed by atoms with Gasteiger partial charge in [0.1, 0.15) is 0 Å². The van der Waals surface area contributed by atoms with Crippen LogP contribution in [0.5, 0.6) is 0 Å². The molecule has 0 bridgehead atoms. The summed E-state index contributed by atoms with van der Waals surface area (Å²) in [5.74, 6) is -1.87. The van der Waals surface area contributed by atoms with E-state index in [1.807, 2.05) is 0 Å². The quantitative estimate of drug-likeness (QED) is 0.172. The SMILES string of the molecule is O=C(CCCCCCCCC(=O)NNC(=O)c1ccc([N+](=O)[O-])cc1)NNC(=O)c1ccc([N+](=O)[O-])cc1. The van der Waals surface area contributed by atoms with E-state index in [0.717, 1.165) is 25.7 Å². The van der Waals surface area contributed by atoms with Crippen molar-refractivity contribution in [2.45, 2.75) is 51.4 Å². The number of carbonyl (C=O) groups is 4. The number of nitro groups is 2. The normalized spacial score (nSPS) is 10.2. The van der Waals surface area contributed by atoms with Crippen LogP contribution < -0.4 is 21.7 Å². The van der Waals surface area contributed by atoms with Crippen LogP contribution in [0.15, 0.2) is 48.5 Å². The van der Waals surface area contributed by atoms with Crippen LogP contribution in [0.1, 0.15) is 72.1 Å². The first-order valence-electron chi connectivity index (χ1n) is 11.8. The van der Waals surface area contributed by atoms with Gasteiger partial charge in [-0.05, 0) is 37.1 Å². The number of hydrogen-bond acceptors (Lipinski definition) is 8. The van der Waals surface area contributed by atoms with Crippen LogP contribution >= 0.6 is 0 Å². The molecule has 0 atom stereocenters. The molecule has 0 saturated heterocycles. The Morgan fingerprint density at radius 3 is 1.16 bits per heavy atom. The Balaban J connectivity index is 1.48. The number of nitrogens with zero attached hydrogens (tertiary/aromatic N) is 2. The molecular weight excluding hydrogens is 500 g/mol. The fraction of sp³-hybridized carbons (Fsp3) is 0.333. The van der Waals surface area contributed by atoms with Crippen molar-refractivity contribution in [2.75, 3.05) is 0 Å². The molecule has 38 heavy (non-hydrogen) atoms. The molecule has 2 aromatic carbocycles. The maximum absolute atomic E-state index is 12.0. The number of amides is 4. The van der Waals surface area contributed by atoms with Gasteiger partial charge in [-0.2, -0.15) is 0 Å². The van der Waals surface area contributed by atoms with Gasteiger partial charge < -0.3 is 0 Å². The first-order chi connectivity index (χ1) is 18.2. The summed E-state index contributed by atoms with van der Waals surface area (Å²) in [4.78, 5) is 67.8. The Hall–Kier alpha value is -4.88. The smallest absolute Gasteiger partial charge is 0.269 e. The summed E-state index contributed by atoms with van der Waals surface area (Å²) in [6.45, 7) is 0. The molecule has 4 N–H and O–H groups in total. The van der Waals surface area contributed by atoms with Gasteiger partial charge >= 0.3 is 0 Å². The molecule has 0 unspecified atom stereocenters. The Bertz CT molecular complexity index is 1060. The average Bonchev–Trinajstić information content (AvgIpc) is 2.91. The lowest BCUT2D eigenvalue weighted by atomic mass is 10.1. The number of benzene rings is 2. The summed E-state index contributed by atoms with van der Waals surface area (Å²) in [5.41, 5.74) is 9.21. The molecule has 0 aromatic heterocycles. The van der Waals surface area contributed by atoms with Gasteiger partial charge in [0.25, 0.3) is 23.2 Å². The molecule has 0 saturated carbocycles.